The van der Waals surface area contributed by atoms with E-state index < -0.39 is 10.0 Å². The Morgan fingerprint density at radius 2 is 2.05 bits per heavy atom. The molecule has 0 saturated carbocycles. The molecule has 1 aliphatic heterocycles. The summed E-state index contributed by atoms with van der Waals surface area (Å²) in [5.41, 5.74) is 7.48. The minimum absolute atomic E-state index is 0.187. The van der Waals surface area contributed by atoms with E-state index in [0.717, 1.165) is 25.1 Å². The number of aromatic nitrogens is 2. The van der Waals surface area contributed by atoms with Gasteiger partial charge in [0.05, 0.1) is 23.3 Å². The molecule has 2 heterocycles. The fourth-order valence-electron chi connectivity index (χ4n) is 2.44. The van der Waals surface area contributed by atoms with Crippen molar-refractivity contribution in [3.8, 4) is 0 Å². The topological polar surface area (TPSA) is 81.2 Å². The van der Waals surface area contributed by atoms with Crippen LogP contribution in [-0.4, -0.2) is 41.3 Å². The van der Waals surface area contributed by atoms with Crippen LogP contribution in [0.1, 0.15) is 25.5 Å². The first-order valence-electron chi connectivity index (χ1n) is 6.69. The van der Waals surface area contributed by atoms with Crippen LogP contribution in [0.2, 0.25) is 0 Å². The molecule has 108 valence electrons. The Balaban J connectivity index is 1.92. The normalized spacial score (nSPS) is 18.8. The monoisotopic (exact) mass is 286 g/mol. The predicted molar refractivity (Wildman–Crippen MR) is 75.1 cm³/mol. The lowest BCUT2D eigenvalue weighted by atomic mass is 9.98. The van der Waals surface area contributed by atoms with Crippen LogP contribution in [0.25, 0.3) is 0 Å². The first-order chi connectivity index (χ1) is 8.94. The molecule has 0 bridgehead atoms. The lowest BCUT2D eigenvalue weighted by Gasteiger charge is -2.31. The van der Waals surface area contributed by atoms with Crippen LogP contribution in [0.15, 0.2) is 6.20 Å². The second kappa shape index (κ2) is 5.50. The average Bonchev–Trinajstić information content (AvgIpc) is 2.71. The molecule has 2 rings (SSSR count). The molecule has 0 unspecified atom stereocenters. The Morgan fingerprint density at radius 3 is 2.53 bits per heavy atom. The smallest absolute Gasteiger partial charge is 0.213 e. The van der Waals surface area contributed by atoms with Crippen molar-refractivity contribution in [2.24, 2.45) is 5.92 Å². The zero-order valence-electron chi connectivity index (χ0n) is 11.5. The summed E-state index contributed by atoms with van der Waals surface area (Å²) in [6, 6.07) is 0. The second-order valence-electron chi connectivity index (χ2n) is 5.11. The van der Waals surface area contributed by atoms with Gasteiger partial charge in [-0.1, -0.05) is 0 Å². The van der Waals surface area contributed by atoms with Crippen LogP contribution < -0.4 is 5.73 Å². The zero-order valence-corrected chi connectivity index (χ0v) is 12.4. The highest BCUT2D eigenvalue weighted by molar-refractivity contribution is 7.89. The maximum Gasteiger partial charge on any atom is 0.213 e. The van der Waals surface area contributed by atoms with E-state index in [0.29, 0.717) is 24.7 Å². The molecule has 0 amide bonds. The van der Waals surface area contributed by atoms with E-state index in [4.69, 9.17) is 5.73 Å². The summed E-state index contributed by atoms with van der Waals surface area (Å²) in [6.45, 7) is 5.71. The van der Waals surface area contributed by atoms with Crippen LogP contribution in [-0.2, 0) is 16.6 Å². The van der Waals surface area contributed by atoms with E-state index in [2.05, 4.69) is 5.10 Å². The van der Waals surface area contributed by atoms with E-state index in [9.17, 15) is 8.42 Å². The quantitative estimate of drug-likeness (QED) is 0.889. The number of nitrogens with two attached hydrogens (primary N) is 1. The van der Waals surface area contributed by atoms with E-state index >= 15 is 0 Å². The van der Waals surface area contributed by atoms with Gasteiger partial charge < -0.3 is 5.73 Å². The maximum absolute atomic E-state index is 11.8. The molecule has 1 saturated heterocycles. The summed E-state index contributed by atoms with van der Waals surface area (Å²) in [7, 11) is -3.03. The Hall–Kier alpha value is -1.08. The summed E-state index contributed by atoms with van der Waals surface area (Å²) in [4.78, 5) is 0. The Labute approximate surface area is 114 Å². The molecular weight excluding hydrogens is 264 g/mol. The molecule has 0 spiro atoms. The van der Waals surface area contributed by atoms with Gasteiger partial charge in [-0.05, 0) is 32.6 Å². The fourth-order valence-corrected chi connectivity index (χ4v) is 3.57. The van der Waals surface area contributed by atoms with Gasteiger partial charge in [0.2, 0.25) is 10.0 Å². The molecule has 6 nitrogen and oxygen atoms in total. The van der Waals surface area contributed by atoms with E-state index in [1.807, 2.05) is 11.6 Å². The van der Waals surface area contributed by atoms with Gasteiger partial charge in [0, 0.05) is 19.6 Å². The van der Waals surface area contributed by atoms with Crippen molar-refractivity contribution in [2.75, 3.05) is 24.6 Å². The third kappa shape index (κ3) is 3.09. The predicted octanol–water partition coefficient (Wildman–Crippen LogP) is 0.835. The van der Waals surface area contributed by atoms with Gasteiger partial charge in [-0.2, -0.15) is 5.10 Å². The lowest BCUT2D eigenvalue weighted by molar-refractivity contribution is 0.246. The van der Waals surface area contributed by atoms with Crippen LogP contribution in [0.4, 0.5) is 5.69 Å². The highest BCUT2D eigenvalue weighted by atomic mass is 32.2. The molecular formula is C12H22N4O2S. The van der Waals surface area contributed by atoms with Crippen LogP contribution in [0.3, 0.4) is 0 Å². The number of nitrogen functional groups attached to an aromatic ring is 1. The van der Waals surface area contributed by atoms with Gasteiger partial charge in [-0.25, -0.2) is 12.7 Å². The number of hydrogen-bond acceptors (Lipinski definition) is 4. The molecule has 1 aromatic heterocycles. The molecule has 0 aromatic carbocycles. The first kappa shape index (κ1) is 14.3. The third-order valence-electron chi connectivity index (χ3n) is 3.90. The molecule has 0 aliphatic carbocycles. The third-order valence-corrected chi connectivity index (χ3v) is 5.79. The standard InChI is InChI=1S/C12H22N4O2S/c1-3-19(17,18)15-6-4-11(5-7-15)9-16-10(2)12(13)8-14-16/h8,11H,3-7,9,13H2,1-2H3. The Kier molecular flexibility index (Phi) is 4.15. The minimum Gasteiger partial charge on any atom is -0.396 e. The van der Waals surface area contributed by atoms with E-state index in [1.54, 1.807) is 17.4 Å². The highest BCUT2D eigenvalue weighted by Gasteiger charge is 2.27. The molecule has 1 aliphatic rings. The lowest BCUT2D eigenvalue weighted by Crippen LogP contribution is -2.40. The number of hydrogen-bond donors (Lipinski definition) is 1. The van der Waals surface area contributed by atoms with Gasteiger partial charge in [0.15, 0.2) is 0 Å². The van der Waals surface area contributed by atoms with Crippen molar-refractivity contribution in [1.82, 2.24) is 14.1 Å². The van der Waals surface area contributed by atoms with Crippen molar-refractivity contribution in [1.29, 1.82) is 0 Å². The number of anilines is 1. The number of piperidine rings is 1. The van der Waals surface area contributed by atoms with Crippen molar-refractivity contribution in [3.05, 3.63) is 11.9 Å². The molecule has 7 heteroatoms. The van der Waals surface area contributed by atoms with Crippen LogP contribution >= 0.6 is 0 Å². The van der Waals surface area contributed by atoms with E-state index in [-0.39, 0.29) is 5.75 Å². The first-order valence-corrected chi connectivity index (χ1v) is 8.30. The Morgan fingerprint density at radius 1 is 1.42 bits per heavy atom. The van der Waals surface area contributed by atoms with Gasteiger partial charge in [0.25, 0.3) is 0 Å². The highest BCUT2D eigenvalue weighted by Crippen LogP contribution is 2.22. The van der Waals surface area contributed by atoms with Crippen LogP contribution in [0.5, 0.6) is 0 Å². The number of rotatable bonds is 4. The summed E-state index contributed by atoms with van der Waals surface area (Å²) in [5.74, 6) is 0.660. The molecule has 0 atom stereocenters. The van der Waals surface area contributed by atoms with Gasteiger partial charge >= 0.3 is 0 Å². The van der Waals surface area contributed by atoms with Crippen molar-refractivity contribution < 1.29 is 8.42 Å². The molecule has 19 heavy (non-hydrogen) atoms. The maximum atomic E-state index is 11.8. The number of nitrogens with zero attached hydrogens (tertiary/aromatic N) is 3. The van der Waals surface area contributed by atoms with Gasteiger partial charge in [0.1, 0.15) is 0 Å². The zero-order chi connectivity index (χ0) is 14.0. The fraction of sp³-hybridized carbons (Fsp3) is 0.750. The van der Waals surface area contributed by atoms with Crippen LogP contribution in [0, 0.1) is 12.8 Å². The average molecular weight is 286 g/mol. The molecule has 1 fully saturated rings. The number of sulfonamides is 1. The largest absolute Gasteiger partial charge is 0.396 e. The summed E-state index contributed by atoms with van der Waals surface area (Å²) >= 11 is 0. The summed E-state index contributed by atoms with van der Waals surface area (Å²) in [5, 5.41) is 4.25. The second-order valence-corrected chi connectivity index (χ2v) is 7.37. The van der Waals surface area contributed by atoms with Crippen molar-refractivity contribution in [2.45, 2.75) is 33.2 Å². The van der Waals surface area contributed by atoms with Gasteiger partial charge in [-0.3, -0.25) is 4.68 Å². The molecule has 2 N–H and O–H groups in total. The minimum atomic E-state index is -3.03. The van der Waals surface area contributed by atoms with E-state index in [1.165, 1.54) is 0 Å². The van der Waals surface area contributed by atoms with Crippen molar-refractivity contribution >= 4 is 15.7 Å². The summed E-state index contributed by atoms with van der Waals surface area (Å²) < 4.78 is 27.1. The Bertz CT molecular complexity index is 530. The summed E-state index contributed by atoms with van der Waals surface area (Å²) in [6.07, 6.45) is 3.45. The SMILES string of the molecule is CCS(=O)(=O)N1CCC(Cn2ncc(N)c2C)CC1. The molecule has 1 aromatic rings. The van der Waals surface area contributed by atoms with Crippen molar-refractivity contribution in [3.63, 3.8) is 0 Å². The molecule has 0 radical (unpaired) electrons. The van der Waals surface area contributed by atoms with Gasteiger partial charge in [-0.15, -0.1) is 0 Å².